The monoisotopic (exact) mass is 335 g/mol. The van der Waals surface area contributed by atoms with Gasteiger partial charge in [0.15, 0.2) is 6.67 Å². The number of nitrogens with one attached hydrogen (secondary N) is 2. The van der Waals surface area contributed by atoms with Gasteiger partial charge in [-0.25, -0.2) is 0 Å². The minimum atomic E-state index is -0.402. The van der Waals surface area contributed by atoms with Crippen molar-refractivity contribution in [1.29, 1.82) is 0 Å². The fraction of sp³-hybridized carbons (Fsp3) is 0.176. The number of tetrazole rings is 1. The van der Waals surface area contributed by atoms with E-state index in [4.69, 9.17) is 0 Å². The van der Waals surface area contributed by atoms with Gasteiger partial charge in [-0.1, -0.05) is 30.3 Å². The molecular weight excluding hydrogens is 318 g/mol. The standard InChI is InChI=1S/C17H17N7O/c1-12(24(25)10-9-18-11-24)13-4-6-14(7-5-13)15-3-2-8-19-16(15)17-20-22-23-21-17/h2-10,12,18H,11H2,1H3,(H,20,21,22,23). The Hall–Kier alpha value is -3.10. The molecule has 126 valence electrons. The molecule has 25 heavy (non-hydrogen) atoms. The zero-order chi connectivity index (χ0) is 17.3. The summed E-state index contributed by atoms with van der Waals surface area (Å²) in [5.41, 5.74) is 3.54. The summed E-state index contributed by atoms with van der Waals surface area (Å²) in [6.45, 7) is 2.29. The van der Waals surface area contributed by atoms with Crippen LogP contribution in [0.15, 0.2) is 55.0 Å². The Kier molecular flexibility index (Phi) is 3.75. The van der Waals surface area contributed by atoms with E-state index < -0.39 is 4.65 Å². The first-order valence-corrected chi connectivity index (χ1v) is 7.96. The first kappa shape index (κ1) is 15.4. The zero-order valence-corrected chi connectivity index (χ0v) is 13.6. The molecule has 0 radical (unpaired) electrons. The maximum atomic E-state index is 12.7. The van der Waals surface area contributed by atoms with E-state index in [9.17, 15) is 5.21 Å². The Morgan fingerprint density at radius 3 is 2.72 bits per heavy atom. The van der Waals surface area contributed by atoms with Crippen molar-refractivity contribution in [3.63, 3.8) is 0 Å². The number of aromatic nitrogens is 5. The lowest BCUT2D eigenvalue weighted by Gasteiger charge is -2.40. The highest BCUT2D eigenvalue weighted by Crippen LogP contribution is 2.32. The minimum Gasteiger partial charge on any atom is -0.626 e. The molecule has 3 heterocycles. The third-order valence-corrected chi connectivity index (χ3v) is 4.51. The molecule has 0 aliphatic carbocycles. The molecule has 0 spiro atoms. The first-order chi connectivity index (χ1) is 12.2. The summed E-state index contributed by atoms with van der Waals surface area (Å²) in [7, 11) is 0. The molecule has 4 rings (SSSR count). The minimum absolute atomic E-state index is 0.189. The molecule has 2 unspecified atom stereocenters. The van der Waals surface area contributed by atoms with E-state index >= 15 is 0 Å². The van der Waals surface area contributed by atoms with Crippen LogP contribution >= 0.6 is 0 Å². The second-order valence-electron chi connectivity index (χ2n) is 5.97. The lowest BCUT2D eigenvalue weighted by molar-refractivity contribution is -0.856. The number of hydrogen-bond donors (Lipinski definition) is 2. The van der Waals surface area contributed by atoms with Gasteiger partial charge in [-0.15, -0.1) is 10.2 Å². The molecule has 0 bridgehead atoms. The smallest absolute Gasteiger partial charge is 0.223 e. The van der Waals surface area contributed by atoms with Crippen molar-refractivity contribution >= 4 is 0 Å². The molecule has 1 aliphatic rings. The average molecular weight is 335 g/mol. The van der Waals surface area contributed by atoms with Gasteiger partial charge in [0.05, 0.1) is 6.20 Å². The number of aromatic amines is 1. The molecule has 3 aromatic rings. The molecule has 2 aromatic heterocycles. The van der Waals surface area contributed by atoms with E-state index in [0.29, 0.717) is 18.2 Å². The predicted octanol–water partition coefficient (Wildman–Crippen LogP) is 2.34. The largest absolute Gasteiger partial charge is 0.626 e. The van der Waals surface area contributed by atoms with Crippen LogP contribution < -0.4 is 5.32 Å². The number of hydroxylamine groups is 3. The maximum Gasteiger partial charge on any atom is 0.223 e. The molecule has 1 aliphatic heterocycles. The second-order valence-corrected chi connectivity index (χ2v) is 5.97. The molecule has 8 heteroatoms. The normalized spacial score (nSPS) is 20.4. The Morgan fingerprint density at radius 2 is 2.04 bits per heavy atom. The molecule has 0 amide bonds. The van der Waals surface area contributed by atoms with Crippen molar-refractivity contribution in [2.45, 2.75) is 13.0 Å². The Labute approximate surface area is 144 Å². The van der Waals surface area contributed by atoms with Crippen LogP contribution in [0.2, 0.25) is 0 Å². The number of quaternary nitrogens is 1. The summed E-state index contributed by atoms with van der Waals surface area (Å²) in [5.74, 6) is 0.449. The van der Waals surface area contributed by atoms with Crippen LogP contribution in [-0.4, -0.2) is 36.9 Å². The molecule has 0 saturated heterocycles. The summed E-state index contributed by atoms with van der Waals surface area (Å²) in [4.78, 5) is 4.37. The van der Waals surface area contributed by atoms with Crippen LogP contribution in [0.1, 0.15) is 18.5 Å². The van der Waals surface area contributed by atoms with Gasteiger partial charge in [0.2, 0.25) is 5.82 Å². The second kappa shape index (κ2) is 6.08. The zero-order valence-electron chi connectivity index (χ0n) is 13.6. The lowest BCUT2D eigenvalue weighted by Crippen LogP contribution is -2.40. The highest BCUT2D eigenvalue weighted by atomic mass is 16.5. The van der Waals surface area contributed by atoms with Crippen molar-refractivity contribution in [1.82, 2.24) is 30.9 Å². The molecule has 2 atom stereocenters. The SMILES string of the molecule is CC(c1ccc(-c2cccnc2-c2nn[nH]n2)cc1)[N+]1([O-])C=CNC1. The van der Waals surface area contributed by atoms with Crippen molar-refractivity contribution in [3.8, 4) is 22.6 Å². The molecule has 0 saturated carbocycles. The average Bonchev–Trinajstić information content (AvgIpc) is 3.34. The van der Waals surface area contributed by atoms with Crippen molar-refractivity contribution in [2.24, 2.45) is 0 Å². The van der Waals surface area contributed by atoms with E-state index in [-0.39, 0.29) is 6.04 Å². The Morgan fingerprint density at radius 1 is 1.20 bits per heavy atom. The molecule has 0 fully saturated rings. The summed E-state index contributed by atoms with van der Waals surface area (Å²) >= 11 is 0. The Balaban J connectivity index is 1.67. The summed E-state index contributed by atoms with van der Waals surface area (Å²) < 4.78 is -0.402. The van der Waals surface area contributed by atoms with Gasteiger partial charge in [0.25, 0.3) is 0 Å². The van der Waals surface area contributed by atoms with Crippen LogP contribution in [0.3, 0.4) is 0 Å². The van der Waals surface area contributed by atoms with E-state index in [1.807, 2.05) is 43.3 Å². The lowest BCUT2D eigenvalue weighted by atomic mass is 9.99. The highest BCUT2D eigenvalue weighted by molar-refractivity contribution is 5.77. The fourth-order valence-electron chi connectivity index (χ4n) is 2.97. The van der Waals surface area contributed by atoms with Crippen molar-refractivity contribution < 1.29 is 4.65 Å². The van der Waals surface area contributed by atoms with E-state index in [2.05, 4.69) is 30.9 Å². The number of rotatable bonds is 4. The number of nitrogens with zero attached hydrogens (tertiary/aromatic N) is 5. The van der Waals surface area contributed by atoms with Gasteiger partial charge in [0, 0.05) is 17.3 Å². The van der Waals surface area contributed by atoms with Crippen LogP contribution in [0, 0.1) is 5.21 Å². The summed E-state index contributed by atoms with van der Waals surface area (Å²) in [6, 6.07) is 11.6. The molecule has 1 aromatic carbocycles. The maximum absolute atomic E-state index is 12.7. The van der Waals surface area contributed by atoms with Crippen LogP contribution in [0.4, 0.5) is 0 Å². The molecular formula is C17H17N7O. The summed E-state index contributed by atoms with van der Waals surface area (Å²) in [6.07, 6.45) is 5.06. The van der Waals surface area contributed by atoms with Gasteiger partial charge in [-0.3, -0.25) is 4.98 Å². The highest BCUT2D eigenvalue weighted by Gasteiger charge is 2.27. The van der Waals surface area contributed by atoms with Gasteiger partial charge in [-0.05, 0) is 23.8 Å². The predicted molar refractivity (Wildman–Crippen MR) is 92.0 cm³/mol. The topological polar surface area (TPSA) is 102 Å². The van der Waals surface area contributed by atoms with Crippen molar-refractivity contribution in [2.75, 3.05) is 6.67 Å². The number of pyridine rings is 1. The van der Waals surface area contributed by atoms with Crippen molar-refractivity contribution in [3.05, 3.63) is 65.8 Å². The quantitative estimate of drug-likeness (QED) is 0.560. The number of H-pyrrole nitrogens is 1. The Bertz CT molecular complexity index is 892. The van der Waals surface area contributed by atoms with Gasteiger partial charge in [-0.2, -0.15) is 5.21 Å². The van der Waals surface area contributed by atoms with Crippen LogP contribution in [-0.2, 0) is 0 Å². The van der Waals surface area contributed by atoms with Gasteiger partial charge in [0.1, 0.15) is 17.9 Å². The third kappa shape index (κ3) is 2.77. The molecule has 2 N–H and O–H groups in total. The van der Waals surface area contributed by atoms with Gasteiger partial charge < -0.3 is 15.2 Å². The van der Waals surface area contributed by atoms with Gasteiger partial charge >= 0.3 is 0 Å². The third-order valence-electron chi connectivity index (χ3n) is 4.51. The number of benzene rings is 1. The van der Waals surface area contributed by atoms with E-state index in [1.54, 1.807) is 18.6 Å². The fourth-order valence-corrected chi connectivity index (χ4v) is 2.97. The first-order valence-electron chi connectivity index (χ1n) is 7.96. The van der Waals surface area contributed by atoms with E-state index in [1.165, 1.54) is 0 Å². The van der Waals surface area contributed by atoms with Crippen LogP contribution in [0.25, 0.3) is 22.6 Å². The number of hydrogen-bond acceptors (Lipinski definition) is 6. The summed E-state index contributed by atoms with van der Waals surface area (Å²) in [5, 5.41) is 29.8. The van der Waals surface area contributed by atoms with Crippen LogP contribution in [0.5, 0.6) is 0 Å². The molecule has 8 nitrogen and oxygen atoms in total. The van der Waals surface area contributed by atoms with E-state index in [0.717, 1.165) is 16.7 Å².